The van der Waals surface area contributed by atoms with Gasteiger partial charge in [-0.05, 0) is 23.8 Å². The molecule has 0 aromatic heterocycles. The van der Waals surface area contributed by atoms with Crippen LogP contribution < -0.4 is 10.3 Å². The Morgan fingerprint density at radius 2 is 1.78 bits per heavy atom. The van der Waals surface area contributed by atoms with E-state index in [2.05, 4.69) is 5.43 Å². The van der Waals surface area contributed by atoms with E-state index in [1.54, 1.807) is 30.3 Å². The van der Waals surface area contributed by atoms with E-state index in [9.17, 15) is 32.3 Å². The van der Waals surface area contributed by atoms with Crippen LogP contribution in [0.4, 0.5) is 18.9 Å². The summed E-state index contributed by atoms with van der Waals surface area (Å²) >= 11 is 0. The predicted molar refractivity (Wildman–Crippen MR) is 108 cm³/mol. The minimum Gasteiger partial charge on any atom is -0.274 e. The molecule has 1 fully saturated rings. The lowest BCUT2D eigenvalue weighted by Crippen LogP contribution is -2.54. The normalized spacial score (nSPS) is 16.2. The van der Waals surface area contributed by atoms with E-state index in [0.29, 0.717) is 16.5 Å². The van der Waals surface area contributed by atoms with Crippen molar-refractivity contribution in [1.29, 1.82) is 0 Å². The summed E-state index contributed by atoms with van der Waals surface area (Å²) in [5.41, 5.74) is 1.79. The van der Waals surface area contributed by atoms with Crippen molar-refractivity contribution in [3.63, 3.8) is 0 Å². The first-order chi connectivity index (χ1) is 15.1. The second-order valence-corrected chi connectivity index (χ2v) is 7.15. The van der Waals surface area contributed by atoms with Crippen LogP contribution in [0.25, 0.3) is 0 Å². The molecule has 3 rings (SSSR count). The first-order valence-electron chi connectivity index (χ1n) is 9.81. The molecule has 1 N–H and O–H groups in total. The summed E-state index contributed by atoms with van der Waals surface area (Å²) < 4.78 is 39.1. The second-order valence-electron chi connectivity index (χ2n) is 7.15. The number of hydrazine groups is 1. The summed E-state index contributed by atoms with van der Waals surface area (Å²) in [6.07, 6.45) is -5.25. The van der Waals surface area contributed by atoms with Gasteiger partial charge in [-0.1, -0.05) is 43.3 Å². The number of nitrogens with one attached hydrogen (secondary N) is 1. The minimum absolute atomic E-state index is 0.0624. The predicted octanol–water partition coefficient (Wildman–Crippen LogP) is 2.85. The fraction of sp³-hybridized carbons (Fsp3) is 0.273. The summed E-state index contributed by atoms with van der Waals surface area (Å²) in [5.74, 6) is -2.85. The lowest BCUT2D eigenvalue weighted by Gasteiger charge is -2.27. The van der Waals surface area contributed by atoms with E-state index in [1.807, 2.05) is 0 Å². The molecule has 0 spiro atoms. The van der Waals surface area contributed by atoms with Crippen LogP contribution in [0.3, 0.4) is 0 Å². The third kappa shape index (κ3) is 4.96. The van der Waals surface area contributed by atoms with Crippen LogP contribution in [0.5, 0.6) is 0 Å². The number of alkyl halides is 3. The van der Waals surface area contributed by atoms with Gasteiger partial charge in [0, 0.05) is 6.42 Å². The Labute approximate surface area is 181 Å². The molecule has 10 heteroatoms. The van der Waals surface area contributed by atoms with Crippen molar-refractivity contribution in [3.05, 3.63) is 65.7 Å². The van der Waals surface area contributed by atoms with Crippen molar-refractivity contribution < 1.29 is 32.3 Å². The molecule has 0 radical (unpaired) electrons. The Bertz CT molecular complexity index is 1040. The van der Waals surface area contributed by atoms with Crippen molar-refractivity contribution in [2.24, 2.45) is 0 Å². The lowest BCUT2D eigenvalue weighted by molar-refractivity contribution is -0.147. The van der Waals surface area contributed by atoms with Gasteiger partial charge in [-0.2, -0.15) is 13.2 Å². The molecule has 1 atom stereocenters. The molecule has 2 aromatic rings. The maximum atomic E-state index is 13.0. The smallest absolute Gasteiger partial charge is 0.274 e. The molecule has 0 aliphatic carbocycles. The molecule has 4 amide bonds. The van der Waals surface area contributed by atoms with Gasteiger partial charge in [0.2, 0.25) is 17.7 Å². The zero-order valence-electron chi connectivity index (χ0n) is 17.1. The highest BCUT2D eigenvalue weighted by atomic mass is 19.4. The summed E-state index contributed by atoms with van der Waals surface area (Å²) in [6.45, 7) is 1.52. The van der Waals surface area contributed by atoms with E-state index >= 15 is 0 Å². The number of halogens is 3. The van der Waals surface area contributed by atoms with Gasteiger partial charge < -0.3 is 0 Å². The third-order valence-corrected chi connectivity index (χ3v) is 4.89. The van der Waals surface area contributed by atoms with Gasteiger partial charge in [0.15, 0.2) is 0 Å². The lowest BCUT2D eigenvalue weighted by atomic mass is 10.1. The van der Waals surface area contributed by atoms with E-state index in [4.69, 9.17) is 0 Å². The van der Waals surface area contributed by atoms with Crippen LogP contribution >= 0.6 is 0 Å². The van der Waals surface area contributed by atoms with Gasteiger partial charge in [0.1, 0.15) is 6.04 Å². The first kappa shape index (κ1) is 23.0. The van der Waals surface area contributed by atoms with Gasteiger partial charge in [0.05, 0.1) is 24.1 Å². The molecule has 1 aliphatic rings. The van der Waals surface area contributed by atoms with Crippen molar-refractivity contribution in [3.8, 4) is 0 Å². The molecule has 168 valence electrons. The number of hydrogen-bond donors (Lipinski definition) is 1. The summed E-state index contributed by atoms with van der Waals surface area (Å²) in [7, 11) is 0. The molecule has 0 bridgehead atoms. The molecule has 32 heavy (non-hydrogen) atoms. The van der Waals surface area contributed by atoms with Gasteiger partial charge >= 0.3 is 6.18 Å². The quantitative estimate of drug-likeness (QED) is 0.564. The molecule has 1 unspecified atom stereocenters. The Hall–Kier alpha value is -3.69. The Kier molecular flexibility index (Phi) is 6.61. The van der Waals surface area contributed by atoms with E-state index in [1.165, 1.54) is 13.0 Å². The largest absolute Gasteiger partial charge is 0.416 e. The SMILES string of the molecule is CCC(=O)N(NC(=O)Cc1ccccc1)C1CC(=O)N(c2cccc(C(F)(F)F)c2)C1=O. The van der Waals surface area contributed by atoms with E-state index < -0.39 is 47.8 Å². The number of amides is 4. The first-order valence-corrected chi connectivity index (χ1v) is 9.81. The molecule has 1 heterocycles. The highest BCUT2D eigenvalue weighted by Crippen LogP contribution is 2.33. The monoisotopic (exact) mass is 447 g/mol. The molecule has 1 saturated heterocycles. The van der Waals surface area contributed by atoms with Gasteiger partial charge in [-0.25, -0.2) is 9.91 Å². The maximum Gasteiger partial charge on any atom is 0.416 e. The number of anilines is 1. The summed E-state index contributed by atoms with van der Waals surface area (Å²) in [5, 5.41) is 0.805. The fourth-order valence-electron chi connectivity index (χ4n) is 3.35. The Morgan fingerprint density at radius 1 is 1.09 bits per heavy atom. The number of imide groups is 1. The van der Waals surface area contributed by atoms with Crippen molar-refractivity contribution in [2.75, 3.05) is 4.90 Å². The van der Waals surface area contributed by atoms with Crippen LogP contribution in [0, 0.1) is 0 Å². The van der Waals surface area contributed by atoms with Crippen LogP contribution in [-0.4, -0.2) is 34.7 Å². The summed E-state index contributed by atoms with van der Waals surface area (Å²) in [6, 6.07) is 11.1. The van der Waals surface area contributed by atoms with E-state index in [0.717, 1.165) is 17.1 Å². The number of rotatable bonds is 5. The fourth-order valence-corrected chi connectivity index (χ4v) is 3.35. The number of benzene rings is 2. The second kappa shape index (κ2) is 9.21. The third-order valence-electron chi connectivity index (χ3n) is 4.89. The van der Waals surface area contributed by atoms with Crippen LogP contribution in [0.2, 0.25) is 0 Å². The molecular weight excluding hydrogens is 427 g/mol. The number of nitrogens with zero attached hydrogens (tertiary/aromatic N) is 2. The van der Waals surface area contributed by atoms with Crippen molar-refractivity contribution in [1.82, 2.24) is 10.4 Å². The zero-order valence-corrected chi connectivity index (χ0v) is 17.1. The number of hydrogen-bond acceptors (Lipinski definition) is 4. The maximum absolute atomic E-state index is 13.0. The van der Waals surface area contributed by atoms with Crippen LogP contribution in [0.1, 0.15) is 30.9 Å². The average Bonchev–Trinajstić information content (AvgIpc) is 3.05. The van der Waals surface area contributed by atoms with Crippen LogP contribution in [-0.2, 0) is 31.8 Å². The zero-order chi connectivity index (χ0) is 23.5. The van der Waals surface area contributed by atoms with Crippen molar-refractivity contribution >= 4 is 29.3 Å². The highest BCUT2D eigenvalue weighted by Gasteiger charge is 2.45. The summed E-state index contributed by atoms with van der Waals surface area (Å²) in [4.78, 5) is 51.0. The number of carbonyl (C=O) groups excluding carboxylic acids is 4. The van der Waals surface area contributed by atoms with E-state index in [-0.39, 0.29) is 18.5 Å². The van der Waals surface area contributed by atoms with Crippen molar-refractivity contribution in [2.45, 2.75) is 38.4 Å². The average molecular weight is 447 g/mol. The van der Waals surface area contributed by atoms with Crippen LogP contribution in [0.15, 0.2) is 54.6 Å². The molecular formula is C22H20F3N3O4. The standard InChI is InChI=1S/C22H20F3N3O4/c1-2-19(30)28(26-18(29)11-14-7-4-3-5-8-14)17-13-20(31)27(21(17)32)16-10-6-9-15(12-16)22(23,24)25/h3-10,12,17H,2,11,13H2,1H3,(H,26,29). The van der Waals surface area contributed by atoms with Gasteiger partial charge in [0.25, 0.3) is 5.91 Å². The van der Waals surface area contributed by atoms with Gasteiger partial charge in [-0.15, -0.1) is 0 Å². The molecule has 1 aliphatic heterocycles. The molecule has 7 nitrogen and oxygen atoms in total. The number of carbonyl (C=O) groups is 4. The highest BCUT2D eigenvalue weighted by molar-refractivity contribution is 6.23. The Morgan fingerprint density at radius 3 is 2.41 bits per heavy atom. The molecule has 0 saturated carbocycles. The van der Waals surface area contributed by atoms with Gasteiger partial charge in [-0.3, -0.25) is 24.6 Å². The topological polar surface area (TPSA) is 86.8 Å². The Balaban J connectivity index is 1.83. The molecule has 2 aromatic carbocycles. The minimum atomic E-state index is -4.66.